The summed E-state index contributed by atoms with van der Waals surface area (Å²) in [4.78, 5) is 13.1. The Hall–Kier alpha value is -1.79. The second-order valence-corrected chi connectivity index (χ2v) is 8.09. The summed E-state index contributed by atoms with van der Waals surface area (Å²) in [6.07, 6.45) is 6.45. The van der Waals surface area contributed by atoms with Crippen LogP contribution in [0.5, 0.6) is 0 Å². The Morgan fingerprint density at radius 2 is 2.12 bits per heavy atom. The third-order valence-corrected chi connectivity index (χ3v) is 5.81. The number of aryl methyl sites for hydroxylation is 3. The van der Waals surface area contributed by atoms with Crippen LogP contribution >= 0.6 is 11.3 Å². The minimum absolute atomic E-state index is 0.565. The lowest BCUT2D eigenvalue weighted by Crippen LogP contribution is -2.33. The van der Waals surface area contributed by atoms with Crippen LogP contribution < -0.4 is 0 Å². The number of fused-ring (bicyclic) bond motifs is 1. The number of hydrogen-bond acceptors (Lipinski definition) is 5. The van der Waals surface area contributed by atoms with E-state index in [2.05, 4.69) is 34.9 Å². The van der Waals surface area contributed by atoms with Gasteiger partial charge in [0.15, 0.2) is 5.65 Å². The lowest BCUT2D eigenvalue weighted by Gasteiger charge is -2.31. The topological polar surface area (TPSA) is 46.3 Å². The van der Waals surface area contributed by atoms with Crippen molar-refractivity contribution in [2.24, 2.45) is 0 Å². The molecule has 1 saturated heterocycles. The number of piperidine rings is 1. The monoisotopic (exact) mass is 341 g/mol. The van der Waals surface area contributed by atoms with Crippen molar-refractivity contribution in [3.8, 4) is 0 Å². The Morgan fingerprint density at radius 3 is 2.92 bits per heavy atom. The van der Waals surface area contributed by atoms with E-state index in [9.17, 15) is 0 Å². The molecule has 3 aromatic heterocycles. The van der Waals surface area contributed by atoms with Gasteiger partial charge in [-0.25, -0.2) is 14.5 Å². The molecule has 0 bridgehead atoms. The van der Waals surface area contributed by atoms with Crippen molar-refractivity contribution in [1.82, 2.24) is 24.5 Å². The minimum atomic E-state index is 0.565. The number of hydrogen-bond donors (Lipinski definition) is 0. The largest absolute Gasteiger partial charge is 0.298 e. The first-order chi connectivity index (χ1) is 11.6. The molecule has 126 valence electrons. The molecule has 4 rings (SSSR count). The molecule has 1 atom stereocenters. The van der Waals surface area contributed by atoms with Gasteiger partial charge >= 0.3 is 0 Å². The average molecular weight is 341 g/mol. The number of aromatic nitrogens is 4. The summed E-state index contributed by atoms with van der Waals surface area (Å²) in [5, 5.41) is 5.82. The van der Waals surface area contributed by atoms with Gasteiger partial charge in [-0.2, -0.15) is 5.10 Å². The fraction of sp³-hybridized carbons (Fsp3) is 0.500. The van der Waals surface area contributed by atoms with Crippen LogP contribution in [0.1, 0.15) is 45.6 Å². The van der Waals surface area contributed by atoms with E-state index in [1.807, 2.05) is 35.2 Å². The van der Waals surface area contributed by atoms with E-state index in [-0.39, 0.29) is 0 Å². The van der Waals surface area contributed by atoms with Crippen LogP contribution in [0.15, 0.2) is 18.5 Å². The third kappa shape index (κ3) is 2.96. The molecule has 0 aliphatic carbocycles. The number of thiazole rings is 1. The van der Waals surface area contributed by atoms with Crippen molar-refractivity contribution in [3.05, 3.63) is 45.3 Å². The minimum Gasteiger partial charge on any atom is -0.298 e. The highest BCUT2D eigenvalue weighted by molar-refractivity contribution is 7.11. The first-order valence-electron chi connectivity index (χ1n) is 8.55. The van der Waals surface area contributed by atoms with Crippen LogP contribution in [-0.4, -0.2) is 37.6 Å². The van der Waals surface area contributed by atoms with Crippen molar-refractivity contribution in [2.45, 2.75) is 46.1 Å². The smallest absolute Gasteiger partial charge is 0.159 e. The zero-order valence-electron chi connectivity index (χ0n) is 14.5. The molecule has 0 aromatic carbocycles. The summed E-state index contributed by atoms with van der Waals surface area (Å²) in [5.74, 6) is 0.565. The van der Waals surface area contributed by atoms with Crippen LogP contribution in [0.2, 0.25) is 0 Å². The molecule has 0 N–H and O–H groups in total. The third-order valence-electron chi connectivity index (χ3n) is 4.74. The summed E-state index contributed by atoms with van der Waals surface area (Å²) in [6.45, 7) is 9.40. The Kier molecular flexibility index (Phi) is 4.10. The molecule has 1 fully saturated rings. The van der Waals surface area contributed by atoms with E-state index in [4.69, 9.17) is 4.98 Å². The molecule has 5 nitrogen and oxygen atoms in total. The van der Waals surface area contributed by atoms with Gasteiger partial charge in [0.05, 0.1) is 11.2 Å². The van der Waals surface area contributed by atoms with Gasteiger partial charge in [0.1, 0.15) is 0 Å². The van der Waals surface area contributed by atoms with Gasteiger partial charge in [0, 0.05) is 47.0 Å². The SMILES string of the molecule is Cc1cc(C)n2ncc(CN3CCC[C@@H](c4ncc(C)s4)C3)c2n1. The standard InChI is InChI=1S/C18H23N5S/c1-12-7-13(2)23-17(21-12)16(9-20-23)11-22-6-4-5-15(10-22)18-19-8-14(3)24-18/h7-9,15H,4-6,10-11H2,1-3H3/t15-/m1/s1. The van der Waals surface area contributed by atoms with E-state index in [0.717, 1.165) is 36.7 Å². The van der Waals surface area contributed by atoms with Crippen molar-refractivity contribution >= 4 is 17.0 Å². The Bertz CT molecular complexity index is 866. The average Bonchev–Trinajstić information content (AvgIpc) is 3.15. The highest BCUT2D eigenvalue weighted by atomic mass is 32.1. The van der Waals surface area contributed by atoms with E-state index in [1.165, 1.54) is 28.3 Å². The van der Waals surface area contributed by atoms with Crippen LogP contribution in [0.25, 0.3) is 5.65 Å². The van der Waals surface area contributed by atoms with Gasteiger partial charge in [-0.3, -0.25) is 4.90 Å². The lowest BCUT2D eigenvalue weighted by molar-refractivity contribution is 0.200. The first kappa shape index (κ1) is 15.7. The molecule has 0 amide bonds. The number of nitrogens with zero attached hydrogens (tertiary/aromatic N) is 5. The Morgan fingerprint density at radius 1 is 1.25 bits per heavy atom. The lowest BCUT2D eigenvalue weighted by atomic mass is 9.98. The molecule has 3 aromatic rings. The molecule has 0 radical (unpaired) electrons. The molecule has 0 spiro atoms. The van der Waals surface area contributed by atoms with E-state index in [0.29, 0.717) is 5.92 Å². The number of rotatable bonds is 3. The normalized spacial score (nSPS) is 19.2. The van der Waals surface area contributed by atoms with Crippen molar-refractivity contribution in [1.29, 1.82) is 0 Å². The summed E-state index contributed by atoms with van der Waals surface area (Å²) in [6, 6.07) is 2.07. The second-order valence-electron chi connectivity index (χ2n) is 6.83. The quantitative estimate of drug-likeness (QED) is 0.731. The van der Waals surface area contributed by atoms with Crippen LogP contribution in [0.3, 0.4) is 0 Å². The van der Waals surface area contributed by atoms with Crippen molar-refractivity contribution in [3.63, 3.8) is 0 Å². The summed E-state index contributed by atoms with van der Waals surface area (Å²) >= 11 is 1.84. The molecule has 0 saturated carbocycles. The molecular formula is C18H23N5S. The van der Waals surface area contributed by atoms with E-state index >= 15 is 0 Å². The summed E-state index contributed by atoms with van der Waals surface area (Å²) < 4.78 is 1.95. The maximum Gasteiger partial charge on any atom is 0.159 e. The van der Waals surface area contributed by atoms with Crippen LogP contribution in [0.4, 0.5) is 0 Å². The van der Waals surface area contributed by atoms with E-state index < -0.39 is 0 Å². The van der Waals surface area contributed by atoms with Crippen LogP contribution in [0, 0.1) is 20.8 Å². The Balaban J connectivity index is 1.55. The zero-order valence-corrected chi connectivity index (χ0v) is 15.3. The van der Waals surface area contributed by atoms with E-state index in [1.54, 1.807) is 0 Å². The number of likely N-dealkylation sites (tertiary alicyclic amines) is 1. The molecule has 6 heteroatoms. The molecule has 24 heavy (non-hydrogen) atoms. The van der Waals surface area contributed by atoms with Gasteiger partial charge in [-0.05, 0) is 46.2 Å². The fourth-order valence-electron chi connectivity index (χ4n) is 3.63. The molecule has 1 aliphatic heterocycles. The maximum absolute atomic E-state index is 4.71. The molecule has 4 heterocycles. The Labute approximate surface area is 146 Å². The molecule has 0 unspecified atom stereocenters. The van der Waals surface area contributed by atoms with Crippen molar-refractivity contribution < 1.29 is 0 Å². The van der Waals surface area contributed by atoms with Crippen molar-refractivity contribution in [2.75, 3.05) is 13.1 Å². The summed E-state index contributed by atoms with van der Waals surface area (Å²) in [5.41, 5.74) is 4.41. The van der Waals surface area contributed by atoms with Gasteiger partial charge in [-0.1, -0.05) is 0 Å². The van der Waals surface area contributed by atoms with Crippen LogP contribution in [-0.2, 0) is 6.54 Å². The second kappa shape index (κ2) is 6.26. The highest BCUT2D eigenvalue weighted by Gasteiger charge is 2.24. The predicted octanol–water partition coefficient (Wildman–Crippen LogP) is 3.49. The zero-order chi connectivity index (χ0) is 16.7. The molecule has 1 aliphatic rings. The summed E-state index contributed by atoms with van der Waals surface area (Å²) in [7, 11) is 0. The predicted molar refractivity (Wildman–Crippen MR) is 96.6 cm³/mol. The van der Waals surface area contributed by atoms with Gasteiger partial charge in [0.2, 0.25) is 0 Å². The van der Waals surface area contributed by atoms with Gasteiger partial charge < -0.3 is 0 Å². The first-order valence-corrected chi connectivity index (χ1v) is 9.37. The molecular weight excluding hydrogens is 318 g/mol. The fourth-order valence-corrected chi connectivity index (χ4v) is 4.53. The highest BCUT2D eigenvalue weighted by Crippen LogP contribution is 2.30. The van der Waals surface area contributed by atoms with Gasteiger partial charge in [-0.15, -0.1) is 11.3 Å². The maximum atomic E-state index is 4.71. The van der Waals surface area contributed by atoms with Gasteiger partial charge in [0.25, 0.3) is 0 Å².